The first-order valence-electron chi connectivity index (χ1n) is 10.4. The summed E-state index contributed by atoms with van der Waals surface area (Å²) in [6.07, 6.45) is 2.90. The third kappa shape index (κ3) is 4.89. The largest absolute Gasteiger partial charge is 0.369 e. The molecule has 2 aromatic heterocycles. The summed E-state index contributed by atoms with van der Waals surface area (Å²) in [5.74, 6) is 1.69. The van der Waals surface area contributed by atoms with Gasteiger partial charge in [0.1, 0.15) is 9.86 Å². The predicted molar refractivity (Wildman–Crippen MR) is 128 cm³/mol. The average molecular weight is 476 g/mol. The second-order valence-electron chi connectivity index (χ2n) is 7.82. The van der Waals surface area contributed by atoms with Crippen molar-refractivity contribution in [1.29, 1.82) is 0 Å². The molecule has 4 rings (SSSR count). The molecule has 31 heavy (non-hydrogen) atoms. The standard InChI is InChI=1S/C22H25N3O3S3/c1-4-10-29-21-23-19(30-13-14-6-8-15(9-7-14)25(26)27)18-16-11-22(3,5-2)28-12-17(16)31-20(18)24-21/h6-9H,4-5,10-13H2,1-3H3/t22-/m1/s1. The number of hydrogen-bond donors (Lipinski definition) is 0. The molecule has 0 saturated carbocycles. The third-order valence-corrected chi connectivity index (χ3v) is 8.69. The van der Waals surface area contributed by atoms with Gasteiger partial charge in [0.15, 0.2) is 5.16 Å². The van der Waals surface area contributed by atoms with Gasteiger partial charge in [-0.3, -0.25) is 10.1 Å². The van der Waals surface area contributed by atoms with Crippen molar-refractivity contribution < 1.29 is 9.66 Å². The fourth-order valence-corrected chi connectivity index (χ4v) is 6.47. The van der Waals surface area contributed by atoms with Crippen molar-refractivity contribution in [2.75, 3.05) is 5.75 Å². The topological polar surface area (TPSA) is 78.2 Å². The summed E-state index contributed by atoms with van der Waals surface area (Å²) in [6, 6.07) is 6.76. The van der Waals surface area contributed by atoms with Crippen LogP contribution in [-0.4, -0.2) is 26.2 Å². The van der Waals surface area contributed by atoms with Crippen LogP contribution >= 0.6 is 34.9 Å². The highest BCUT2D eigenvalue weighted by Crippen LogP contribution is 2.43. The smallest absolute Gasteiger partial charge is 0.269 e. The first-order chi connectivity index (χ1) is 14.9. The Morgan fingerprint density at radius 2 is 2.00 bits per heavy atom. The molecule has 0 fully saturated rings. The van der Waals surface area contributed by atoms with Gasteiger partial charge >= 0.3 is 0 Å². The molecule has 0 amide bonds. The molecule has 3 heterocycles. The van der Waals surface area contributed by atoms with Gasteiger partial charge in [-0.2, -0.15) is 0 Å². The summed E-state index contributed by atoms with van der Waals surface area (Å²) in [7, 11) is 0. The molecule has 0 saturated heterocycles. The highest BCUT2D eigenvalue weighted by Gasteiger charge is 2.33. The van der Waals surface area contributed by atoms with Crippen molar-refractivity contribution in [1.82, 2.24) is 9.97 Å². The highest BCUT2D eigenvalue weighted by atomic mass is 32.2. The minimum atomic E-state index is -0.368. The molecule has 0 N–H and O–H groups in total. The molecule has 1 aliphatic heterocycles. The summed E-state index contributed by atoms with van der Waals surface area (Å²) in [6.45, 7) is 7.13. The molecule has 0 radical (unpaired) electrons. The molecule has 6 nitrogen and oxygen atoms in total. The van der Waals surface area contributed by atoms with E-state index in [4.69, 9.17) is 14.7 Å². The van der Waals surface area contributed by atoms with Crippen molar-refractivity contribution in [3.63, 3.8) is 0 Å². The Balaban J connectivity index is 1.69. The van der Waals surface area contributed by atoms with Crippen LogP contribution in [0.1, 0.15) is 49.6 Å². The molecule has 3 aromatic rings. The maximum atomic E-state index is 10.9. The SMILES string of the molecule is CCCSc1nc(SCc2ccc([N+](=O)[O-])cc2)c2c3c(sc2n1)CO[C@](C)(CC)C3. The Kier molecular flexibility index (Phi) is 6.86. The van der Waals surface area contributed by atoms with Gasteiger partial charge in [-0.1, -0.05) is 37.7 Å². The number of rotatable bonds is 8. The van der Waals surface area contributed by atoms with Crippen LogP contribution in [0.2, 0.25) is 0 Å². The molecule has 1 aromatic carbocycles. The van der Waals surface area contributed by atoms with E-state index in [0.29, 0.717) is 12.4 Å². The summed E-state index contributed by atoms with van der Waals surface area (Å²) in [5.41, 5.74) is 2.32. The Morgan fingerprint density at radius 1 is 1.23 bits per heavy atom. The number of ether oxygens (including phenoxy) is 1. The van der Waals surface area contributed by atoms with Gasteiger partial charge in [0.05, 0.1) is 17.1 Å². The van der Waals surface area contributed by atoms with E-state index in [1.807, 2.05) is 12.1 Å². The van der Waals surface area contributed by atoms with Crippen LogP contribution in [0.15, 0.2) is 34.4 Å². The Hall–Kier alpha value is -1.68. The molecule has 9 heteroatoms. The van der Waals surface area contributed by atoms with Crippen LogP contribution < -0.4 is 0 Å². The average Bonchev–Trinajstić information content (AvgIpc) is 3.13. The Morgan fingerprint density at radius 3 is 2.68 bits per heavy atom. The quantitative estimate of drug-likeness (QED) is 0.119. The van der Waals surface area contributed by atoms with Crippen LogP contribution in [-0.2, 0) is 23.5 Å². The number of aromatic nitrogens is 2. The van der Waals surface area contributed by atoms with Gasteiger partial charge in [-0.15, -0.1) is 23.1 Å². The fourth-order valence-electron chi connectivity index (χ4n) is 3.48. The number of hydrogen-bond acceptors (Lipinski definition) is 8. The third-order valence-electron chi connectivity index (χ3n) is 5.49. The van der Waals surface area contributed by atoms with E-state index >= 15 is 0 Å². The number of nitro groups is 1. The number of thiophene rings is 1. The maximum absolute atomic E-state index is 10.9. The van der Waals surface area contributed by atoms with E-state index in [-0.39, 0.29) is 16.2 Å². The minimum absolute atomic E-state index is 0.113. The number of nitrogens with zero attached hydrogens (tertiary/aromatic N) is 3. The zero-order valence-corrected chi connectivity index (χ0v) is 20.3. The lowest BCUT2D eigenvalue weighted by atomic mass is 9.90. The minimum Gasteiger partial charge on any atom is -0.369 e. The lowest BCUT2D eigenvalue weighted by Crippen LogP contribution is -2.33. The van der Waals surface area contributed by atoms with E-state index < -0.39 is 0 Å². The number of non-ortho nitro benzene ring substituents is 1. The second-order valence-corrected chi connectivity index (χ2v) is 10.9. The van der Waals surface area contributed by atoms with Gasteiger partial charge in [0.25, 0.3) is 5.69 Å². The number of fused-ring (bicyclic) bond motifs is 3. The van der Waals surface area contributed by atoms with Crippen molar-refractivity contribution >= 4 is 50.8 Å². The van der Waals surface area contributed by atoms with Crippen molar-refractivity contribution in [3.05, 3.63) is 50.4 Å². The molecular weight excluding hydrogens is 450 g/mol. The van der Waals surface area contributed by atoms with Gasteiger partial charge in [0, 0.05) is 40.3 Å². The van der Waals surface area contributed by atoms with Crippen LogP contribution in [0.3, 0.4) is 0 Å². The number of nitro benzene ring substituents is 1. The van der Waals surface area contributed by atoms with Crippen LogP contribution in [0, 0.1) is 10.1 Å². The first-order valence-corrected chi connectivity index (χ1v) is 13.2. The van der Waals surface area contributed by atoms with Gasteiger partial charge < -0.3 is 4.74 Å². The molecule has 0 unspecified atom stereocenters. The first kappa shape index (κ1) is 22.5. The monoisotopic (exact) mass is 475 g/mol. The maximum Gasteiger partial charge on any atom is 0.269 e. The molecule has 0 bridgehead atoms. The van der Waals surface area contributed by atoms with E-state index in [1.54, 1.807) is 47.0 Å². The summed E-state index contributed by atoms with van der Waals surface area (Å²) < 4.78 is 6.16. The zero-order chi connectivity index (χ0) is 22.0. The molecule has 1 aliphatic rings. The molecule has 0 spiro atoms. The van der Waals surface area contributed by atoms with Crippen molar-refractivity contribution in [2.24, 2.45) is 0 Å². The van der Waals surface area contributed by atoms with Crippen molar-refractivity contribution in [2.45, 2.75) is 68.2 Å². The normalized spacial score (nSPS) is 18.3. The van der Waals surface area contributed by atoms with Crippen LogP contribution in [0.4, 0.5) is 5.69 Å². The molecule has 0 aliphatic carbocycles. The summed E-state index contributed by atoms with van der Waals surface area (Å²) in [5, 5.41) is 13.9. The van der Waals surface area contributed by atoms with Crippen molar-refractivity contribution in [3.8, 4) is 0 Å². The van der Waals surface area contributed by atoms with E-state index in [1.165, 1.54) is 10.4 Å². The van der Waals surface area contributed by atoms with E-state index in [9.17, 15) is 10.1 Å². The van der Waals surface area contributed by atoms with Gasteiger partial charge in [0.2, 0.25) is 0 Å². The lowest BCUT2D eigenvalue weighted by Gasteiger charge is -2.33. The Labute approximate surface area is 194 Å². The number of thioether (sulfide) groups is 2. The zero-order valence-electron chi connectivity index (χ0n) is 17.8. The van der Waals surface area contributed by atoms with Gasteiger partial charge in [-0.25, -0.2) is 9.97 Å². The van der Waals surface area contributed by atoms with E-state index in [0.717, 1.165) is 51.0 Å². The molecule has 164 valence electrons. The second kappa shape index (κ2) is 9.44. The highest BCUT2D eigenvalue weighted by molar-refractivity contribution is 7.99. The molecule has 1 atom stereocenters. The summed E-state index contributed by atoms with van der Waals surface area (Å²) in [4.78, 5) is 22.6. The predicted octanol–water partition coefficient (Wildman–Crippen LogP) is 6.64. The van der Waals surface area contributed by atoms with E-state index in [2.05, 4.69) is 20.8 Å². The lowest BCUT2D eigenvalue weighted by molar-refractivity contribution is -0.384. The van der Waals surface area contributed by atoms with Crippen LogP contribution in [0.25, 0.3) is 10.2 Å². The molecular formula is C22H25N3O3S3. The summed E-state index contributed by atoms with van der Waals surface area (Å²) >= 11 is 5.09. The van der Waals surface area contributed by atoms with Gasteiger partial charge in [-0.05, 0) is 30.9 Å². The van der Waals surface area contributed by atoms with Crippen LogP contribution in [0.5, 0.6) is 0 Å². The number of benzene rings is 1. The fraction of sp³-hybridized carbons (Fsp3) is 0.455. The Bertz CT molecular complexity index is 1100.